The Bertz CT molecular complexity index is 1220. The molecule has 2 amide bonds. The number of primary amides is 2. The number of carbonyl (C=O) groups excluding carboxylic acids is 2. The molecular weight excluding hydrogens is 422 g/mol. The Morgan fingerprint density at radius 1 is 1.00 bits per heavy atom. The molecule has 0 bridgehead atoms. The van der Waals surface area contributed by atoms with Gasteiger partial charge in [0.2, 0.25) is 16.6 Å². The lowest BCUT2D eigenvalue weighted by molar-refractivity contribution is 0.0992. The van der Waals surface area contributed by atoms with E-state index in [-0.39, 0.29) is 0 Å². The van der Waals surface area contributed by atoms with E-state index in [0.717, 1.165) is 39.7 Å². The van der Waals surface area contributed by atoms with Gasteiger partial charge in [-0.05, 0) is 67.0 Å². The molecule has 0 aliphatic heterocycles. The van der Waals surface area contributed by atoms with Crippen molar-refractivity contribution in [2.45, 2.75) is 38.6 Å². The second-order valence-electron chi connectivity index (χ2n) is 8.42. The molecule has 1 heterocycles. The quantitative estimate of drug-likeness (QED) is 0.621. The highest BCUT2D eigenvalue weighted by Gasteiger charge is 2.18. The number of rotatable bonds is 5. The second-order valence-corrected chi connectivity index (χ2v) is 9.38. The van der Waals surface area contributed by atoms with E-state index < -0.39 is 11.8 Å². The number of benzene rings is 2. The van der Waals surface area contributed by atoms with E-state index in [1.165, 1.54) is 24.2 Å². The number of amides is 2. The Kier molecular flexibility index (Phi) is 6.23. The molecule has 4 rings (SSSR count). The fourth-order valence-electron chi connectivity index (χ4n) is 4.05. The Hall–Kier alpha value is -3.26. The number of nitrogens with two attached hydrogens (primary N) is 2. The molecule has 7 nitrogen and oxygen atoms in total. The smallest absolute Gasteiger partial charge is 0.249 e. The van der Waals surface area contributed by atoms with E-state index in [4.69, 9.17) is 16.5 Å². The molecule has 3 aromatic rings. The Labute approximate surface area is 190 Å². The third-order valence-corrected chi connectivity index (χ3v) is 7.06. The molecule has 0 atom stereocenters. The summed E-state index contributed by atoms with van der Waals surface area (Å²) in [5.41, 5.74) is 14.1. The van der Waals surface area contributed by atoms with E-state index in [2.05, 4.69) is 12.0 Å². The van der Waals surface area contributed by atoms with Gasteiger partial charge < -0.3 is 11.5 Å². The highest BCUT2D eigenvalue weighted by molar-refractivity contribution is 7.12. The van der Waals surface area contributed by atoms with Crippen molar-refractivity contribution in [1.82, 2.24) is 9.78 Å². The normalized spacial score (nSPS) is 19.1. The van der Waals surface area contributed by atoms with Crippen molar-refractivity contribution < 1.29 is 9.59 Å². The van der Waals surface area contributed by atoms with Gasteiger partial charge in [-0.1, -0.05) is 36.5 Å². The Balaban J connectivity index is 1.71. The summed E-state index contributed by atoms with van der Waals surface area (Å²) < 4.78 is 1.82. The summed E-state index contributed by atoms with van der Waals surface area (Å²) in [6.07, 6.45) is 4.67. The summed E-state index contributed by atoms with van der Waals surface area (Å²) in [6.45, 7) is 2.30. The van der Waals surface area contributed by atoms with Crippen LogP contribution in [0.15, 0.2) is 47.5 Å². The van der Waals surface area contributed by atoms with Crippen LogP contribution in [0.3, 0.4) is 0 Å². The lowest BCUT2D eigenvalue weighted by Gasteiger charge is -2.22. The molecule has 1 aromatic heterocycles. The van der Waals surface area contributed by atoms with E-state index in [9.17, 15) is 9.59 Å². The van der Waals surface area contributed by atoms with Gasteiger partial charge in [-0.2, -0.15) is 5.10 Å². The van der Waals surface area contributed by atoms with Crippen LogP contribution in [0.1, 0.15) is 53.3 Å². The highest BCUT2D eigenvalue weighted by Crippen LogP contribution is 2.30. The minimum atomic E-state index is -0.516. The van der Waals surface area contributed by atoms with Crippen LogP contribution >= 0.6 is 11.3 Å². The van der Waals surface area contributed by atoms with Gasteiger partial charge in [0.15, 0.2) is 0 Å². The first-order valence-electron chi connectivity index (χ1n) is 10.7. The van der Waals surface area contributed by atoms with Crippen LogP contribution < -0.4 is 16.3 Å². The van der Waals surface area contributed by atoms with Gasteiger partial charge >= 0.3 is 0 Å². The van der Waals surface area contributed by atoms with Crippen molar-refractivity contribution in [1.29, 1.82) is 0 Å². The van der Waals surface area contributed by atoms with E-state index >= 15 is 0 Å². The van der Waals surface area contributed by atoms with E-state index in [0.29, 0.717) is 22.7 Å². The van der Waals surface area contributed by atoms with Gasteiger partial charge in [0.25, 0.3) is 0 Å². The monoisotopic (exact) mass is 449 g/mol. The molecule has 8 heteroatoms. The number of aromatic nitrogens is 2. The molecule has 32 heavy (non-hydrogen) atoms. The number of hydrogen-bond donors (Lipinski definition) is 2. The minimum Gasteiger partial charge on any atom is -0.366 e. The Morgan fingerprint density at radius 2 is 1.66 bits per heavy atom. The molecule has 2 aromatic carbocycles. The predicted molar refractivity (Wildman–Crippen MR) is 126 cm³/mol. The van der Waals surface area contributed by atoms with Gasteiger partial charge in [0.05, 0.1) is 6.04 Å². The molecule has 0 saturated heterocycles. The van der Waals surface area contributed by atoms with Crippen molar-refractivity contribution in [3.05, 3.63) is 58.4 Å². The van der Waals surface area contributed by atoms with Crippen molar-refractivity contribution in [3.63, 3.8) is 0 Å². The van der Waals surface area contributed by atoms with Crippen LogP contribution in [0, 0.1) is 5.92 Å². The summed E-state index contributed by atoms with van der Waals surface area (Å²) in [5, 5.41) is 5.49. The van der Waals surface area contributed by atoms with Gasteiger partial charge in [-0.25, -0.2) is 4.68 Å². The zero-order valence-electron chi connectivity index (χ0n) is 18.2. The first-order valence-corrected chi connectivity index (χ1v) is 11.6. The minimum absolute atomic E-state index is 0.349. The van der Waals surface area contributed by atoms with Gasteiger partial charge in [0, 0.05) is 23.7 Å². The SMILES string of the molecule is Cn1nc(-c2ccc(C(N)=O)c(-c3ccc(C(N)=O)cc3)c2)sc1=N[C@H]1CC[C@H](C)CC1. The maximum absolute atomic E-state index is 12.0. The molecule has 1 aliphatic carbocycles. The average molecular weight is 450 g/mol. The van der Waals surface area contributed by atoms with Crippen LogP contribution in [0.25, 0.3) is 21.7 Å². The standard InChI is InChI=1S/C24H27N5O2S/c1-14-3-10-18(11-4-14)27-24-29(2)28-23(32-24)17-9-12-19(22(26)31)20(13-17)15-5-7-16(8-6-15)21(25)30/h5-9,12-14,18H,3-4,10-11H2,1-2H3,(H2,25,30)(H2,26,31)/t14-,18-. The molecule has 1 aliphatic rings. The second kappa shape index (κ2) is 9.08. The van der Waals surface area contributed by atoms with Gasteiger partial charge in [0.1, 0.15) is 5.01 Å². The van der Waals surface area contributed by atoms with Gasteiger partial charge in [-0.3, -0.25) is 14.6 Å². The van der Waals surface area contributed by atoms with E-state index in [1.807, 2.05) is 23.9 Å². The molecule has 1 fully saturated rings. The van der Waals surface area contributed by atoms with Gasteiger partial charge in [-0.15, -0.1) is 0 Å². The number of aryl methyl sites for hydroxylation is 1. The molecule has 0 unspecified atom stereocenters. The van der Waals surface area contributed by atoms with E-state index in [1.54, 1.807) is 30.3 Å². The summed E-state index contributed by atoms with van der Waals surface area (Å²) in [6, 6.07) is 12.6. The number of nitrogens with zero attached hydrogens (tertiary/aromatic N) is 3. The summed E-state index contributed by atoms with van der Waals surface area (Å²) >= 11 is 1.54. The predicted octanol–water partition coefficient (Wildman–Crippen LogP) is 3.49. The summed E-state index contributed by atoms with van der Waals surface area (Å²) in [5.74, 6) is -0.233. The van der Waals surface area contributed by atoms with Crippen molar-refractivity contribution >= 4 is 23.2 Å². The lowest BCUT2D eigenvalue weighted by Crippen LogP contribution is -2.21. The average Bonchev–Trinajstić information content (AvgIpc) is 3.15. The molecule has 0 spiro atoms. The maximum atomic E-state index is 12.0. The first-order chi connectivity index (χ1) is 15.3. The highest BCUT2D eigenvalue weighted by atomic mass is 32.1. The van der Waals surface area contributed by atoms with Crippen LogP contribution in [-0.4, -0.2) is 27.6 Å². The largest absolute Gasteiger partial charge is 0.366 e. The van der Waals surface area contributed by atoms with Crippen LogP contribution in [0.5, 0.6) is 0 Å². The molecular formula is C24H27N5O2S. The van der Waals surface area contributed by atoms with Crippen molar-refractivity contribution in [2.24, 2.45) is 29.4 Å². The number of carbonyl (C=O) groups is 2. The molecule has 4 N–H and O–H groups in total. The summed E-state index contributed by atoms with van der Waals surface area (Å²) in [7, 11) is 1.91. The van der Waals surface area contributed by atoms with Crippen molar-refractivity contribution in [3.8, 4) is 21.7 Å². The maximum Gasteiger partial charge on any atom is 0.249 e. The number of hydrogen-bond acceptors (Lipinski definition) is 5. The molecule has 0 radical (unpaired) electrons. The van der Waals surface area contributed by atoms with Crippen LogP contribution in [0.4, 0.5) is 0 Å². The van der Waals surface area contributed by atoms with Crippen molar-refractivity contribution in [2.75, 3.05) is 0 Å². The lowest BCUT2D eigenvalue weighted by atomic mass is 9.88. The first kappa shape index (κ1) is 22.0. The fraction of sp³-hybridized carbons (Fsp3) is 0.333. The topological polar surface area (TPSA) is 116 Å². The van der Waals surface area contributed by atoms with Crippen LogP contribution in [0.2, 0.25) is 0 Å². The third kappa shape index (κ3) is 4.65. The Morgan fingerprint density at radius 3 is 2.28 bits per heavy atom. The fourth-order valence-corrected chi connectivity index (χ4v) is 5.01. The summed E-state index contributed by atoms with van der Waals surface area (Å²) in [4.78, 5) is 29.3. The van der Waals surface area contributed by atoms with Crippen LogP contribution in [-0.2, 0) is 7.05 Å². The zero-order chi connectivity index (χ0) is 22.8. The molecule has 1 saturated carbocycles. The third-order valence-electron chi connectivity index (χ3n) is 6.00. The zero-order valence-corrected chi connectivity index (χ0v) is 19.1. The molecule has 166 valence electrons.